The Morgan fingerprint density at radius 2 is 1.42 bits per heavy atom. The maximum Gasteiger partial charge on any atom is 0.313 e. The van der Waals surface area contributed by atoms with Gasteiger partial charge in [-0.3, -0.25) is 9.59 Å². The maximum atomic E-state index is 11.7. The Labute approximate surface area is 145 Å². The Morgan fingerprint density at radius 3 is 1.79 bits per heavy atom. The number of phenols is 1. The van der Waals surface area contributed by atoms with Crippen molar-refractivity contribution in [1.29, 1.82) is 0 Å². The molecule has 0 aliphatic heterocycles. The van der Waals surface area contributed by atoms with Gasteiger partial charge in [0.05, 0.1) is 6.42 Å². The third-order valence-corrected chi connectivity index (χ3v) is 3.92. The van der Waals surface area contributed by atoms with Gasteiger partial charge in [-0.1, -0.05) is 60.6 Å². The quantitative estimate of drug-likeness (QED) is 0.655. The van der Waals surface area contributed by atoms with E-state index in [1.807, 2.05) is 53.7 Å². The van der Waals surface area contributed by atoms with Gasteiger partial charge in [-0.15, -0.1) is 0 Å². The number of phenolic OH excluding ortho intramolecular Hbond substituents is 1. The summed E-state index contributed by atoms with van der Waals surface area (Å²) in [5, 5.41) is 10.7. The van der Waals surface area contributed by atoms with E-state index in [0.717, 1.165) is 16.7 Å². The molecule has 1 rings (SSSR count). The molecule has 1 N–H and O–H groups in total. The fraction of sp³-hybridized carbons (Fsp3) is 0.600. The van der Waals surface area contributed by atoms with Crippen LogP contribution >= 0.6 is 0 Å². The van der Waals surface area contributed by atoms with E-state index in [4.69, 9.17) is 4.74 Å². The topological polar surface area (TPSA) is 63.6 Å². The lowest BCUT2D eigenvalue weighted by atomic mass is 9.78. The molecular formula is C20H30O4. The van der Waals surface area contributed by atoms with Gasteiger partial charge in [0.1, 0.15) is 5.75 Å². The molecule has 1 aromatic rings. The van der Waals surface area contributed by atoms with E-state index in [2.05, 4.69) is 0 Å². The fourth-order valence-corrected chi connectivity index (χ4v) is 2.48. The van der Waals surface area contributed by atoms with Crippen LogP contribution in [0.25, 0.3) is 0 Å². The van der Waals surface area contributed by atoms with Gasteiger partial charge < -0.3 is 9.84 Å². The molecule has 0 atom stereocenters. The average molecular weight is 334 g/mol. The van der Waals surface area contributed by atoms with Crippen molar-refractivity contribution in [3.63, 3.8) is 0 Å². The Balaban J connectivity index is 3.12. The highest BCUT2D eigenvalue weighted by atomic mass is 16.6. The van der Waals surface area contributed by atoms with Crippen LogP contribution in [-0.2, 0) is 31.6 Å². The zero-order valence-electron chi connectivity index (χ0n) is 15.9. The van der Waals surface area contributed by atoms with Crippen molar-refractivity contribution in [3.05, 3.63) is 28.8 Å². The van der Waals surface area contributed by atoms with Gasteiger partial charge in [-0.25, -0.2) is 0 Å². The van der Waals surface area contributed by atoms with Crippen LogP contribution in [0.2, 0.25) is 0 Å². The zero-order valence-corrected chi connectivity index (χ0v) is 15.9. The Hall–Kier alpha value is -1.84. The van der Waals surface area contributed by atoms with Crippen molar-refractivity contribution < 1.29 is 19.4 Å². The molecule has 134 valence electrons. The van der Waals surface area contributed by atoms with Gasteiger partial charge in [0.25, 0.3) is 0 Å². The van der Waals surface area contributed by atoms with E-state index in [0.29, 0.717) is 12.2 Å². The van der Waals surface area contributed by atoms with Crippen LogP contribution in [0.5, 0.6) is 5.75 Å². The van der Waals surface area contributed by atoms with Crippen LogP contribution in [0, 0.1) is 0 Å². The van der Waals surface area contributed by atoms with Gasteiger partial charge >= 0.3 is 11.9 Å². The third kappa shape index (κ3) is 5.36. The van der Waals surface area contributed by atoms with Crippen molar-refractivity contribution in [2.45, 2.75) is 78.6 Å². The van der Waals surface area contributed by atoms with Gasteiger partial charge in [0.15, 0.2) is 0 Å². The first-order valence-electron chi connectivity index (χ1n) is 8.46. The number of esters is 2. The maximum absolute atomic E-state index is 11.7. The first-order valence-corrected chi connectivity index (χ1v) is 8.46. The summed E-state index contributed by atoms with van der Waals surface area (Å²) < 4.78 is 4.71. The van der Waals surface area contributed by atoms with E-state index < -0.39 is 11.9 Å². The highest BCUT2D eigenvalue weighted by Crippen LogP contribution is 2.39. The molecule has 0 heterocycles. The predicted octanol–water partition coefficient (Wildman–Crippen LogP) is 4.40. The summed E-state index contributed by atoms with van der Waals surface area (Å²) in [5.74, 6) is -0.691. The van der Waals surface area contributed by atoms with Crippen molar-refractivity contribution in [2.75, 3.05) is 0 Å². The summed E-state index contributed by atoms with van der Waals surface area (Å²) in [7, 11) is 0. The second kappa shape index (κ2) is 7.37. The minimum Gasteiger partial charge on any atom is -0.507 e. The Bertz CT molecular complexity index is 581. The molecular weight excluding hydrogens is 304 g/mol. The van der Waals surface area contributed by atoms with E-state index in [1.54, 1.807) is 6.92 Å². The lowest BCUT2D eigenvalue weighted by Crippen LogP contribution is -2.18. The van der Waals surface area contributed by atoms with Crippen LogP contribution < -0.4 is 0 Å². The van der Waals surface area contributed by atoms with Crippen LogP contribution in [0.4, 0.5) is 0 Å². The summed E-state index contributed by atoms with van der Waals surface area (Å²) in [6.07, 6.45) is 0.805. The molecule has 4 heteroatoms. The third-order valence-electron chi connectivity index (χ3n) is 3.92. The molecule has 0 aliphatic rings. The average Bonchev–Trinajstić information content (AvgIpc) is 2.43. The highest BCUT2D eigenvalue weighted by molar-refractivity contribution is 5.85. The van der Waals surface area contributed by atoms with Gasteiger partial charge in [0.2, 0.25) is 0 Å². The van der Waals surface area contributed by atoms with Crippen LogP contribution in [0.15, 0.2) is 12.1 Å². The van der Waals surface area contributed by atoms with E-state index in [1.165, 1.54) is 0 Å². The van der Waals surface area contributed by atoms with Gasteiger partial charge in [-0.2, -0.15) is 0 Å². The summed E-state index contributed by atoms with van der Waals surface area (Å²) in [4.78, 5) is 22.9. The standard InChI is InChI=1S/C20H30O4/c1-8-16(21)24-17(22)10-9-13-11-14(19(2,3)4)18(23)15(12-13)20(5,6)7/h11-12,23H,8-10H2,1-7H3. The molecule has 0 radical (unpaired) electrons. The van der Waals surface area contributed by atoms with Crippen molar-refractivity contribution in [1.82, 2.24) is 0 Å². The first-order chi connectivity index (χ1) is 10.9. The fourth-order valence-electron chi connectivity index (χ4n) is 2.48. The number of ether oxygens (including phenoxy) is 1. The number of hydrogen-bond donors (Lipinski definition) is 1. The smallest absolute Gasteiger partial charge is 0.313 e. The molecule has 0 spiro atoms. The molecule has 0 aliphatic carbocycles. The molecule has 0 aromatic heterocycles. The molecule has 0 saturated carbocycles. The monoisotopic (exact) mass is 334 g/mol. The normalized spacial score (nSPS) is 12.1. The van der Waals surface area contributed by atoms with E-state index in [9.17, 15) is 14.7 Å². The molecule has 24 heavy (non-hydrogen) atoms. The molecule has 0 bridgehead atoms. The Kier molecular flexibility index (Phi) is 6.20. The lowest BCUT2D eigenvalue weighted by molar-refractivity contribution is -0.159. The number of aryl methyl sites for hydroxylation is 1. The van der Waals surface area contributed by atoms with Crippen molar-refractivity contribution in [3.8, 4) is 5.75 Å². The first kappa shape index (κ1) is 20.2. The lowest BCUT2D eigenvalue weighted by Gasteiger charge is -2.28. The van der Waals surface area contributed by atoms with Crippen molar-refractivity contribution >= 4 is 11.9 Å². The number of benzene rings is 1. The van der Waals surface area contributed by atoms with Crippen molar-refractivity contribution in [2.24, 2.45) is 0 Å². The van der Waals surface area contributed by atoms with Crippen LogP contribution in [-0.4, -0.2) is 17.0 Å². The summed E-state index contributed by atoms with van der Waals surface area (Å²) in [6.45, 7) is 13.9. The van der Waals surface area contributed by atoms with E-state index >= 15 is 0 Å². The summed E-state index contributed by atoms with van der Waals surface area (Å²) in [5.41, 5.74) is 2.27. The zero-order chi connectivity index (χ0) is 18.7. The molecule has 0 fully saturated rings. The number of carbonyl (C=O) groups is 2. The minimum absolute atomic E-state index is 0.143. The van der Waals surface area contributed by atoms with Crippen LogP contribution in [0.1, 0.15) is 78.0 Å². The molecule has 0 unspecified atom stereocenters. The van der Waals surface area contributed by atoms with Gasteiger partial charge in [0, 0.05) is 6.42 Å². The molecule has 0 saturated heterocycles. The molecule has 0 amide bonds. The van der Waals surface area contributed by atoms with Crippen LogP contribution in [0.3, 0.4) is 0 Å². The summed E-state index contributed by atoms with van der Waals surface area (Å²) >= 11 is 0. The highest BCUT2D eigenvalue weighted by Gasteiger charge is 2.26. The molecule has 1 aromatic carbocycles. The second-order valence-corrected chi connectivity index (χ2v) is 8.24. The largest absolute Gasteiger partial charge is 0.507 e. The van der Waals surface area contributed by atoms with E-state index in [-0.39, 0.29) is 23.7 Å². The molecule has 4 nitrogen and oxygen atoms in total. The number of hydrogen-bond acceptors (Lipinski definition) is 4. The number of aromatic hydroxyl groups is 1. The Morgan fingerprint density at radius 1 is 0.958 bits per heavy atom. The predicted molar refractivity (Wildman–Crippen MR) is 95.2 cm³/mol. The van der Waals surface area contributed by atoms with Gasteiger partial charge in [-0.05, 0) is 33.9 Å². The number of rotatable bonds is 4. The summed E-state index contributed by atoms with van der Waals surface area (Å²) in [6, 6.07) is 3.89. The SMILES string of the molecule is CCC(=O)OC(=O)CCc1cc(C(C)(C)C)c(O)c(C(C)(C)C)c1. The second-order valence-electron chi connectivity index (χ2n) is 8.24. The minimum atomic E-state index is -0.510. The number of carbonyl (C=O) groups excluding carboxylic acids is 2.